The van der Waals surface area contributed by atoms with Crippen molar-refractivity contribution in [3.63, 3.8) is 0 Å². The van der Waals surface area contributed by atoms with E-state index in [4.69, 9.17) is 0 Å². The second-order valence-corrected chi connectivity index (χ2v) is 3.87. The minimum absolute atomic E-state index is 0.126. The van der Waals surface area contributed by atoms with Crippen molar-refractivity contribution in [1.82, 2.24) is 9.55 Å². The van der Waals surface area contributed by atoms with Crippen LogP contribution in [0.4, 0.5) is 0 Å². The minimum Gasteiger partial charge on any atom is -0.493 e. The number of imidazole rings is 1. The van der Waals surface area contributed by atoms with Gasteiger partial charge in [-0.1, -0.05) is 30.3 Å². The molecule has 6 nitrogen and oxygen atoms in total. The van der Waals surface area contributed by atoms with E-state index in [0.717, 1.165) is 16.3 Å². The Labute approximate surface area is 102 Å². The van der Waals surface area contributed by atoms with E-state index < -0.39 is 17.7 Å². The Morgan fingerprint density at radius 1 is 1.33 bits per heavy atom. The molecule has 1 atom stereocenters. The Hall–Kier alpha value is -2.50. The molecular weight excluding hydrogens is 236 g/mol. The fourth-order valence-corrected chi connectivity index (χ4v) is 1.80. The van der Waals surface area contributed by atoms with Crippen molar-refractivity contribution in [3.8, 4) is 5.88 Å². The van der Waals surface area contributed by atoms with E-state index >= 15 is 0 Å². The van der Waals surface area contributed by atoms with Crippen LogP contribution < -0.4 is 5.69 Å². The summed E-state index contributed by atoms with van der Waals surface area (Å²) in [6.07, 6.45) is 1.20. The molecule has 2 aromatic rings. The molecule has 2 rings (SSSR count). The van der Waals surface area contributed by atoms with Gasteiger partial charge in [-0.15, -0.1) is 0 Å². The van der Waals surface area contributed by atoms with E-state index in [9.17, 15) is 19.8 Å². The molecule has 18 heavy (non-hydrogen) atoms. The summed E-state index contributed by atoms with van der Waals surface area (Å²) in [6, 6.07) is 7.79. The standard InChI is InChI=1S/C12H12N2O4/c15-10-7-13-12(18)14(10)9(11(16)17)6-8-4-2-1-3-5-8/h1-5,7,9,15H,6H2,(H,13,18)(H,16,17). The van der Waals surface area contributed by atoms with Gasteiger partial charge in [0.05, 0.1) is 6.20 Å². The van der Waals surface area contributed by atoms with Crippen LogP contribution in [0.5, 0.6) is 5.88 Å². The SMILES string of the molecule is O=C(O)C(Cc1ccccc1)n1c(O)c[nH]c1=O. The molecule has 1 heterocycles. The van der Waals surface area contributed by atoms with Crippen molar-refractivity contribution in [2.75, 3.05) is 0 Å². The van der Waals surface area contributed by atoms with Crippen LogP contribution in [-0.2, 0) is 11.2 Å². The lowest BCUT2D eigenvalue weighted by atomic mass is 10.1. The largest absolute Gasteiger partial charge is 0.493 e. The topological polar surface area (TPSA) is 95.3 Å². The van der Waals surface area contributed by atoms with Crippen LogP contribution in [0.3, 0.4) is 0 Å². The maximum Gasteiger partial charge on any atom is 0.329 e. The van der Waals surface area contributed by atoms with Crippen LogP contribution in [0.1, 0.15) is 11.6 Å². The maximum atomic E-state index is 11.5. The summed E-state index contributed by atoms with van der Waals surface area (Å²) >= 11 is 0. The zero-order valence-electron chi connectivity index (χ0n) is 9.41. The van der Waals surface area contributed by atoms with Crippen LogP contribution in [0.15, 0.2) is 41.3 Å². The Balaban J connectivity index is 2.36. The van der Waals surface area contributed by atoms with Crippen LogP contribution in [0.25, 0.3) is 0 Å². The van der Waals surface area contributed by atoms with Gasteiger partial charge in [0, 0.05) is 6.42 Å². The predicted octanol–water partition coefficient (Wildman–Crippen LogP) is 0.750. The number of aliphatic carboxylic acids is 1. The second-order valence-electron chi connectivity index (χ2n) is 3.87. The number of rotatable bonds is 4. The highest BCUT2D eigenvalue weighted by Gasteiger charge is 2.24. The fourth-order valence-electron chi connectivity index (χ4n) is 1.80. The third-order valence-corrected chi connectivity index (χ3v) is 2.66. The number of aromatic nitrogens is 2. The predicted molar refractivity (Wildman–Crippen MR) is 63.5 cm³/mol. The smallest absolute Gasteiger partial charge is 0.329 e. The first-order valence-corrected chi connectivity index (χ1v) is 5.35. The molecule has 0 amide bonds. The number of benzene rings is 1. The normalized spacial score (nSPS) is 12.2. The molecule has 1 aromatic carbocycles. The van der Waals surface area contributed by atoms with Gasteiger partial charge < -0.3 is 15.2 Å². The van der Waals surface area contributed by atoms with Crippen molar-refractivity contribution >= 4 is 5.97 Å². The molecule has 3 N–H and O–H groups in total. The summed E-state index contributed by atoms with van der Waals surface area (Å²) in [6.45, 7) is 0. The first kappa shape index (κ1) is 12.0. The zero-order valence-corrected chi connectivity index (χ0v) is 9.41. The van der Waals surface area contributed by atoms with Gasteiger partial charge in [0.1, 0.15) is 6.04 Å². The van der Waals surface area contributed by atoms with Gasteiger partial charge in [-0.05, 0) is 5.56 Å². The van der Waals surface area contributed by atoms with Crippen LogP contribution >= 0.6 is 0 Å². The number of carboxylic acid groups (broad SMARTS) is 1. The average molecular weight is 248 g/mol. The fraction of sp³-hybridized carbons (Fsp3) is 0.167. The first-order chi connectivity index (χ1) is 8.59. The highest BCUT2D eigenvalue weighted by molar-refractivity contribution is 5.72. The summed E-state index contributed by atoms with van der Waals surface area (Å²) in [5, 5.41) is 18.7. The number of H-pyrrole nitrogens is 1. The second kappa shape index (κ2) is 4.79. The molecule has 0 bridgehead atoms. The first-order valence-electron chi connectivity index (χ1n) is 5.35. The van der Waals surface area contributed by atoms with Gasteiger partial charge in [0.25, 0.3) is 0 Å². The lowest BCUT2D eigenvalue weighted by Crippen LogP contribution is -2.29. The van der Waals surface area contributed by atoms with Gasteiger partial charge in [0.15, 0.2) is 0 Å². The van der Waals surface area contributed by atoms with Crippen LogP contribution in [0.2, 0.25) is 0 Å². The van der Waals surface area contributed by atoms with Crippen LogP contribution in [-0.4, -0.2) is 25.7 Å². The summed E-state index contributed by atoms with van der Waals surface area (Å²) in [5.41, 5.74) is 0.133. The molecule has 1 unspecified atom stereocenters. The zero-order chi connectivity index (χ0) is 13.1. The monoisotopic (exact) mass is 248 g/mol. The minimum atomic E-state index is -1.17. The molecule has 6 heteroatoms. The molecule has 0 saturated heterocycles. The van der Waals surface area contributed by atoms with Crippen molar-refractivity contribution < 1.29 is 15.0 Å². The molecule has 94 valence electrons. The van der Waals surface area contributed by atoms with Crippen molar-refractivity contribution in [1.29, 1.82) is 0 Å². The van der Waals surface area contributed by atoms with Gasteiger partial charge in [-0.3, -0.25) is 0 Å². The molecule has 0 saturated carbocycles. The number of hydrogen-bond donors (Lipinski definition) is 3. The van der Waals surface area contributed by atoms with Crippen molar-refractivity contribution in [2.45, 2.75) is 12.5 Å². The van der Waals surface area contributed by atoms with E-state index in [2.05, 4.69) is 4.98 Å². The van der Waals surface area contributed by atoms with Crippen molar-refractivity contribution in [2.24, 2.45) is 0 Å². The van der Waals surface area contributed by atoms with Gasteiger partial charge >= 0.3 is 11.7 Å². The van der Waals surface area contributed by atoms with E-state index in [1.807, 2.05) is 6.07 Å². The van der Waals surface area contributed by atoms with Crippen molar-refractivity contribution in [3.05, 3.63) is 52.6 Å². The van der Waals surface area contributed by atoms with E-state index in [-0.39, 0.29) is 12.3 Å². The molecular formula is C12H12N2O4. The number of hydrogen-bond acceptors (Lipinski definition) is 3. The van der Waals surface area contributed by atoms with Crippen LogP contribution in [0, 0.1) is 0 Å². The molecule has 0 radical (unpaired) electrons. The average Bonchev–Trinajstić information content (AvgIpc) is 2.67. The summed E-state index contributed by atoms with van der Waals surface area (Å²) in [4.78, 5) is 24.9. The van der Waals surface area contributed by atoms with E-state index in [1.165, 1.54) is 0 Å². The Bertz CT molecular complexity index is 600. The number of carbonyl (C=O) groups is 1. The number of aromatic amines is 1. The lowest BCUT2D eigenvalue weighted by Gasteiger charge is -2.13. The Kier molecular flexibility index (Phi) is 3.18. The number of carboxylic acids is 1. The Morgan fingerprint density at radius 2 is 2.00 bits per heavy atom. The number of nitrogens with one attached hydrogen (secondary N) is 1. The van der Waals surface area contributed by atoms with Gasteiger partial charge in [0.2, 0.25) is 5.88 Å². The van der Waals surface area contributed by atoms with E-state index in [1.54, 1.807) is 24.3 Å². The lowest BCUT2D eigenvalue weighted by molar-refractivity contribution is -0.141. The quantitative estimate of drug-likeness (QED) is 0.744. The molecule has 0 aliphatic rings. The van der Waals surface area contributed by atoms with Gasteiger partial charge in [-0.2, -0.15) is 0 Å². The van der Waals surface area contributed by atoms with Gasteiger partial charge in [-0.25, -0.2) is 14.2 Å². The summed E-state index contributed by atoms with van der Waals surface area (Å²) in [5.74, 6) is -1.56. The third-order valence-electron chi connectivity index (χ3n) is 2.66. The molecule has 0 fully saturated rings. The molecule has 1 aromatic heterocycles. The molecule has 0 aliphatic carbocycles. The maximum absolute atomic E-state index is 11.5. The summed E-state index contributed by atoms with van der Waals surface area (Å²) in [7, 11) is 0. The highest BCUT2D eigenvalue weighted by atomic mass is 16.4. The van der Waals surface area contributed by atoms with E-state index in [0.29, 0.717) is 0 Å². The third kappa shape index (κ3) is 2.27. The highest BCUT2D eigenvalue weighted by Crippen LogP contribution is 2.18. The molecule has 0 spiro atoms. The number of nitrogens with zero attached hydrogens (tertiary/aromatic N) is 1. The Morgan fingerprint density at radius 3 is 2.50 bits per heavy atom. The summed E-state index contributed by atoms with van der Waals surface area (Å²) < 4.78 is 0.829. The molecule has 0 aliphatic heterocycles. The number of aromatic hydroxyl groups is 1.